The number of alkyl halides is 5. The minimum absolute atomic E-state index is 0.000940. The predicted octanol–water partition coefficient (Wildman–Crippen LogP) is 1.15. The van der Waals surface area contributed by atoms with Crippen LogP contribution in [0, 0.1) is 0 Å². The van der Waals surface area contributed by atoms with Gasteiger partial charge in [-0.1, -0.05) is 5.16 Å². The maximum absolute atomic E-state index is 15.2. The summed E-state index contributed by atoms with van der Waals surface area (Å²) in [6.45, 7) is 0.528. The lowest BCUT2D eigenvalue weighted by atomic mass is 9.43. The third-order valence-corrected chi connectivity index (χ3v) is 7.98. The molecule has 47 heavy (non-hydrogen) atoms. The smallest absolute Gasteiger partial charge is 0.382 e. The van der Waals surface area contributed by atoms with Crippen molar-refractivity contribution in [2.45, 2.75) is 73.1 Å². The molecule has 2 fully saturated rings. The van der Waals surface area contributed by atoms with Crippen molar-refractivity contribution in [1.82, 2.24) is 40.4 Å². The summed E-state index contributed by atoms with van der Waals surface area (Å²) < 4.78 is 87.5. The Morgan fingerprint density at radius 2 is 1.87 bits per heavy atom. The van der Waals surface area contributed by atoms with Crippen LogP contribution in [-0.4, -0.2) is 122 Å². The Kier molecular flexibility index (Phi) is 8.69. The van der Waals surface area contributed by atoms with Crippen LogP contribution in [0.25, 0.3) is 5.65 Å². The molecule has 0 spiro atoms. The minimum Gasteiger partial charge on any atom is -0.382 e. The fourth-order valence-electron chi connectivity index (χ4n) is 4.88. The molecular formula is C25H25B4F5N8O5. The molecule has 2 aliphatic rings. The number of aromatic nitrogens is 5. The second kappa shape index (κ2) is 11.8. The Bertz CT molecular complexity index is 1670. The number of hydrogen-bond acceptors (Lipinski definition) is 9. The molecular weight excluding hydrogens is 631 g/mol. The summed E-state index contributed by atoms with van der Waals surface area (Å²) >= 11 is 0. The maximum atomic E-state index is 15.2. The Morgan fingerprint density at radius 1 is 1.19 bits per heavy atom. The lowest BCUT2D eigenvalue weighted by molar-refractivity contribution is -0.265. The van der Waals surface area contributed by atoms with Crippen molar-refractivity contribution in [3.63, 3.8) is 0 Å². The van der Waals surface area contributed by atoms with E-state index in [1.165, 1.54) is 30.1 Å². The van der Waals surface area contributed by atoms with E-state index in [-0.39, 0.29) is 28.5 Å². The monoisotopic (exact) mass is 656 g/mol. The van der Waals surface area contributed by atoms with Crippen LogP contribution in [0.5, 0.6) is 0 Å². The van der Waals surface area contributed by atoms with Crippen LogP contribution in [0.1, 0.15) is 72.1 Å². The van der Waals surface area contributed by atoms with Crippen LogP contribution in [0.15, 0.2) is 23.1 Å². The van der Waals surface area contributed by atoms with Gasteiger partial charge >= 0.3 is 12.2 Å². The van der Waals surface area contributed by atoms with E-state index in [4.69, 9.17) is 45.5 Å². The van der Waals surface area contributed by atoms with Gasteiger partial charge in [0.1, 0.15) is 5.69 Å². The van der Waals surface area contributed by atoms with Crippen molar-refractivity contribution in [2.24, 2.45) is 0 Å². The fraction of sp³-hybridized carbons (Fsp3) is 0.600. The Morgan fingerprint density at radius 3 is 2.49 bits per heavy atom. The molecule has 4 heterocycles. The molecule has 242 valence electrons. The van der Waals surface area contributed by atoms with E-state index in [1.807, 2.05) is 0 Å². The zero-order valence-corrected chi connectivity index (χ0v) is 25.2. The first-order valence-electron chi connectivity index (χ1n) is 14.0. The lowest BCUT2D eigenvalue weighted by Crippen LogP contribution is -2.83. The fourth-order valence-corrected chi connectivity index (χ4v) is 4.88. The van der Waals surface area contributed by atoms with Gasteiger partial charge in [0.15, 0.2) is 16.9 Å². The van der Waals surface area contributed by atoms with Gasteiger partial charge in [-0.05, 0) is 37.9 Å². The van der Waals surface area contributed by atoms with Crippen LogP contribution in [0.3, 0.4) is 0 Å². The molecule has 2 N–H and O–H groups in total. The molecule has 2 atom stereocenters. The normalized spacial score (nSPS) is 20.5. The van der Waals surface area contributed by atoms with Crippen molar-refractivity contribution in [3.05, 3.63) is 41.1 Å². The van der Waals surface area contributed by atoms with Gasteiger partial charge in [-0.15, -0.1) is 0 Å². The average molecular weight is 656 g/mol. The molecule has 1 saturated carbocycles. The number of carbonyl (C=O) groups is 2. The van der Waals surface area contributed by atoms with Gasteiger partial charge < -0.3 is 25.0 Å². The summed E-state index contributed by atoms with van der Waals surface area (Å²) in [5.74, 6) is -5.10. The molecule has 1 aliphatic heterocycles. The number of ether oxygens (including phenoxy) is 2. The maximum Gasteiger partial charge on any atom is 0.416 e. The molecule has 5 rings (SSSR count). The molecule has 8 radical (unpaired) electrons. The number of methoxy groups -OCH3 is 1. The van der Waals surface area contributed by atoms with Crippen molar-refractivity contribution in [2.75, 3.05) is 20.3 Å². The molecule has 1 saturated heterocycles. The third kappa shape index (κ3) is 6.21. The van der Waals surface area contributed by atoms with Crippen molar-refractivity contribution in [1.29, 1.82) is 0 Å². The molecule has 2 unspecified atom stereocenters. The number of nitrogens with zero attached hydrogens (tertiary/aromatic N) is 6. The number of fused-ring (bicyclic) bond motifs is 1. The molecule has 3 aromatic rings. The quantitative estimate of drug-likeness (QED) is 0.229. The summed E-state index contributed by atoms with van der Waals surface area (Å²) in [7, 11) is 23.6. The summed E-state index contributed by atoms with van der Waals surface area (Å²) in [6, 6.07) is -2.61. The number of halogens is 5. The van der Waals surface area contributed by atoms with Crippen LogP contribution >= 0.6 is 0 Å². The number of carbonyl (C=O) groups excluding carboxylic acids is 2. The molecule has 1 aliphatic carbocycles. The van der Waals surface area contributed by atoms with Crippen LogP contribution < -0.4 is 10.6 Å². The minimum atomic E-state index is -4.76. The highest BCUT2D eigenvalue weighted by molar-refractivity contribution is 6.48. The summed E-state index contributed by atoms with van der Waals surface area (Å²) in [5.41, 5.74) is -2.36. The topological polar surface area (TPSA) is 149 Å². The summed E-state index contributed by atoms with van der Waals surface area (Å²) in [6.07, 6.45) is -0.754. The molecule has 3 aromatic heterocycles. The SMILES string of the molecule is [B]C1([B])NC(=O)N(C(COC)c2cnn3cc(C(COC(C)(C)C(F)(F)F)NC(=O)c4nonc4C4CC4)nc3c2)C([B])([B])C1(F)F. The Balaban J connectivity index is 1.49. The van der Waals surface area contributed by atoms with E-state index >= 15 is 8.78 Å². The molecule has 0 bridgehead atoms. The first-order chi connectivity index (χ1) is 21.7. The highest BCUT2D eigenvalue weighted by Crippen LogP contribution is 2.44. The second-order valence-electron chi connectivity index (χ2n) is 11.9. The van der Waals surface area contributed by atoms with Gasteiger partial charge in [-0.25, -0.2) is 27.7 Å². The van der Waals surface area contributed by atoms with E-state index in [0.29, 0.717) is 10.6 Å². The van der Waals surface area contributed by atoms with E-state index < -0.39 is 65.6 Å². The summed E-state index contributed by atoms with van der Waals surface area (Å²) in [4.78, 5) is 31.0. The van der Waals surface area contributed by atoms with Gasteiger partial charge in [-0.2, -0.15) is 18.3 Å². The Hall–Kier alpha value is -3.67. The van der Waals surface area contributed by atoms with Crippen LogP contribution in [-0.2, 0) is 9.47 Å². The third-order valence-electron chi connectivity index (χ3n) is 7.98. The largest absolute Gasteiger partial charge is 0.416 e. The second-order valence-corrected chi connectivity index (χ2v) is 11.9. The number of amides is 3. The highest BCUT2D eigenvalue weighted by Gasteiger charge is 2.64. The Labute approximate surface area is 269 Å². The van der Waals surface area contributed by atoms with Gasteiger partial charge in [0, 0.05) is 29.3 Å². The zero-order chi connectivity index (χ0) is 34.7. The average Bonchev–Trinajstić information content (AvgIpc) is 3.52. The van der Waals surface area contributed by atoms with Crippen molar-refractivity contribution < 1.29 is 45.6 Å². The first kappa shape index (κ1) is 34.7. The van der Waals surface area contributed by atoms with E-state index in [9.17, 15) is 22.8 Å². The zero-order valence-electron chi connectivity index (χ0n) is 25.2. The number of imidazole rings is 1. The highest BCUT2D eigenvalue weighted by atomic mass is 19.4. The van der Waals surface area contributed by atoms with E-state index in [1.54, 1.807) is 5.32 Å². The lowest BCUT2D eigenvalue weighted by Gasteiger charge is -2.58. The summed E-state index contributed by atoms with van der Waals surface area (Å²) in [5, 5.41) is 9.65. The molecule has 13 nitrogen and oxygen atoms in total. The van der Waals surface area contributed by atoms with Crippen molar-refractivity contribution in [3.8, 4) is 0 Å². The van der Waals surface area contributed by atoms with E-state index in [0.717, 1.165) is 26.7 Å². The predicted molar refractivity (Wildman–Crippen MR) is 154 cm³/mol. The number of nitrogens with one attached hydrogen (secondary N) is 2. The van der Waals surface area contributed by atoms with E-state index in [2.05, 4.69) is 25.7 Å². The molecule has 3 amide bonds. The van der Waals surface area contributed by atoms with Gasteiger partial charge in [0.2, 0.25) is 0 Å². The molecule has 22 heteroatoms. The van der Waals surface area contributed by atoms with Crippen LogP contribution in [0.4, 0.5) is 26.7 Å². The van der Waals surface area contributed by atoms with Crippen LogP contribution in [0.2, 0.25) is 0 Å². The van der Waals surface area contributed by atoms with Gasteiger partial charge in [-0.3, -0.25) is 4.79 Å². The number of hydrogen-bond donors (Lipinski definition) is 2. The first-order valence-corrected chi connectivity index (χ1v) is 14.0. The van der Waals surface area contributed by atoms with Gasteiger partial charge in [0.05, 0.1) is 74.8 Å². The number of rotatable bonds is 11. The number of urea groups is 1. The standard InChI is InChI=1S/C25H25B4F5N8O5/c1-21(2,25(32,33)34)46-9-14(37-19(43)18-17(11-4-5-11)39-47-40-18)13-8-41-16(36-13)6-12(7-35-41)15(10-45-3)42-20(44)38-23(26,27)22(30,31)24(42,28)29/h6-8,11,14-15H,4-5,9-10H2,1-3H3,(H,37,43)(H,38,44). The van der Waals surface area contributed by atoms with Crippen molar-refractivity contribution >= 4 is 49.0 Å². The van der Waals surface area contributed by atoms with Gasteiger partial charge in [0.25, 0.3) is 11.8 Å². The molecule has 0 aromatic carbocycles.